The summed E-state index contributed by atoms with van der Waals surface area (Å²) in [5.74, 6) is 0.870. The Hall–Kier alpha value is -2.86. The molecule has 6 heteroatoms. The zero-order valence-electron chi connectivity index (χ0n) is 20.5. The number of rotatable bonds is 6. The van der Waals surface area contributed by atoms with Gasteiger partial charge in [0.05, 0.1) is 23.9 Å². The van der Waals surface area contributed by atoms with Crippen molar-refractivity contribution >= 4 is 23.0 Å². The number of pyridine rings is 1. The summed E-state index contributed by atoms with van der Waals surface area (Å²) in [6, 6.07) is 17.3. The standard InChI is InChI=1S/C28H34N4OS/c1-18(2)33-23-14-12-22(13-15-23)32-27(26(30-28(32)34)25-11-7-8-16-29-25)24-17-19(3)31(20(24)4)21-9-5-6-10-21/h7-8,11-18,21,26-27H,5-6,9-10H2,1-4H3,(H,30,34)/t26-,27-/m0/s1. The molecule has 1 aliphatic carbocycles. The lowest BCUT2D eigenvalue weighted by molar-refractivity contribution is 0.242. The molecule has 1 N–H and O–H groups in total. The second-order valence-electron chi connectivity index (χ2n) is 9.79. The van der Waals surface area contributed by atoms with Crippen molar-refractivity contribution < 1.29 is 4.74 Å². The van der Waals surface area contributed by atoms with Crippen LogP contribution in [-0.4, -0.2) is 20.8 Å². The van der Waals surface area contributed by atoms with Gasteiger partial charge in [-0.3, -0.25) is 4.98 Å². The predicted octanol–water partition coefficient (Wildman–Crippen LogP) is 6.58. The van der Waals surface area contributed by atoms with Gasteiger partial charge in [-0.25, -0.2) is 0 Å². The number of anilines is 1. The fourth-order valence-corrected chi connectivity index (χ4v) is 6.08. The lowest BCUT2D eigenvalue weighted by atomic mass is 9.96. The maximum absolute atomic E-state index is 5.92. The normalized spacial score (nSPS) is 20.9. The zero-order valence-corrected chi connectivity index (χ0v) is 21.3. The first kappa shape index (κ1) is 22.9. The number of aryl methyl sites for hydroxylation is 1. The molecule has 0 amide bonds. The summed E-state index contributed by atoms with van der Waals surface area (Å²) in [7, 11) is 0. The summed E-state index contributed by atoms with van der Waals surface area (Å²) < 4.78 is 8.44. The molecule has 1 saturated heterocycles. The maximum Gasteiger partial charge on any atom is 0.174 e. The fourth-order valence-electron chi connectivity index (χ4n) is 5.73. The molecule has 1 saturated carbocycles. The van der Waals surface area contributed by atoms with E-state index in [1.165, 1.54) is 42.6 Å². The average molecular weight is 475 g/mol. The van der Waals surface area contributed by atoms with Crippen molar-refractivity contribution in [2.24, 2.45) is 0 Å². The lowest BCUT2D eigenvalue weighted by Crippen LogP contribution is -2.29. The number of hydrogen-bond acceptors (Lipinski definition) is 3. The summed E-state index contributed by atoms with van der Waals surface area (Å²) in [5.41, 5.74) is 6.05. The van der Waals surface area contributed by atoms with Crippen molar-refractivity contribution in [3.63, 3.8) is 0 Å². The highest BCUT2D eigenvalue weighted by atomic mass is 32.1. The first-order chi connectivity index (χ1) is 16.4. The Morgan fingerprint density at radius 2 is 1.79 bits per heavy atom. The van der Waals surface area contributed by atoms with Gasteiger partial charge in [0.2, 0.25) is 0 Å². The zero-order chi connectivity index (χ0) is 23.8. The Bertz CT molecular complexity index is 1150. The first-order valence-electron chi connectivity index (χ1n) is 12.4. The van der Waals surface area contributed by atoms with E-state index >= 15 is 0 Å². The third kappa shape index (κ3) is 4.20. The topological polar surface area (TPSA) is 42.3 Å². The number of aromatic nitrogens is 2. The molecule has 1 aromatic carbocycles. The predicted molar refractivity (Wildman–Crippen MR) is 142 cm³/mol. The summed E-state index contributed by atoms with van der Waals surface area (Å²) in [5, 5.41) is 4.32. The van der Waals surface area contributed by atoms with Crippen molar-refractivity contribution in [3.05, 3.63) is 77.4 Å². The first-order valence-corrected chi connectivity index (χ1v) is 12.8. The van der Waals surface area contributed by atoms with E-state index in [1.54, 1.807) is 0 Å². The number of hydrogen-bond donors (Lipinski definition) is 1. The molecule has 34 heavy (non-hydrogen) atoms. The highest BCUT2D eigenvalue weighted by Gasteiger charge is 2.42. The Labute approximate surface area is 208 Å². The van der Waals surface area contributed by atoms with Crippen LogP contribution in [0, 0.1) is 13.8 Å². The van der Waals surface area contributed by atoms with Crippen molar-refractivity contribution in [2.45, 2.75) is 77.6 Å². The summed E-state index contributed by atoms with van der Waals surface area (Å²) in [4.78, 5) is 6.97. The molecule has 2 fully saturated rings. The van der Waals surface area contributed by atoms with Gasteiger partial charge in [-0.05, 0) is 101 Å². The van der Waals surface area contributed by atoms with Crippen LogP contribution in [0.25, 0.3) is 0 Å². The molecule has 1 aliphatic heterocycles. The summed E-state index contributed by atoms with van der Waals surface area (Å²) in [6.45, 7) is 8.60. The van der Waals surface area contributed by atoms with Crippen LogP contribution in [0.5, 0.6) is 5.75 Å². The molecular formula is C28H34N4OS. The van der Waals surface area contributed by atoms with E-state index in [1.807, 2.05) is 44.3 Å². The largest absolute Gasteiger partial charge is 0.491 e. The smallest absolute Gasteiger partial charge is 0.174 e. The van der Waals surface area contributed by atoms with Crippen LogP contribution in [0.3, 0.4) is 0 Å². The van der Waals surface area contributed by atoms with E-state index in [0.717, 1.165) is 22.2 Å². The van der Waals surface area contributed by atoms with Gasteiger partial charge in [0.15, 0.2) is 5.11 Å². The van der Waals surface area contributed by atoms with Gasteiger partial charge < -0.3 is 19.5 Å². The number of ether oxygens (including phenoxy) is 1. The van der Waals surface area contributed by atoms with Crippen LogP contribution >= 0.6 is 12.2 Å². The van der Waals surface area contributed by atoms with Crippen molar-refractivity contribution in [1.29, 1.82) is 0 Å². The monoisotopic (exact) mass is 474 g/mol. The summed E-state index contributed by atoms with van der Waals surface area (Å²) in [6.07, 6.45) is 7.17. The Morgan fingerprint density at radius 3 is 2.44 bits per heavy atom. The van der Waals surface area contributed by atoms with Crippen molar-refractivity contribution in [1.82, 2.24) is 14.9 Å². The minimum atomic E-state index is -0.0298. The second kappa shape index (κ2) is 9.41. The van der Waals surface area contributed by atoms with Gasteiger partial charge in [-0.1, -0.05) is 18.9 Å². The minimum Gasteiger partial charge on any atom is -0.491 e. The molecule has 3 aromatic rings. The number of nitrogens with one attached hydrogen (secondary N) is 1. The fraction of sp³-hybridized carbons (Fsp3) is 0.429. The molecule has 3 heterocycles. The average Bonchev–Trinajstić information content (AvgIpc) is 3.52. The van der Waals surface area contributed by atoms with Gasteiger partial charge in [0.1, 0.15) is 5.75 Å². The van der Waals surface area contributed by atoms with Gasteiger partial charge in [0.25, 0.3) is 0 Å². The molecule has 0 spiro atoms. The molecule has 178 valence electrons. The highest BCUT2D eigenvalue weighted by Crippen LogP contribution is 2.45. The van der Waals surface area contributed by atoms with Crippen LogP contribution in [0.2, 0.25) is 0 Å². The molecule has 2 atom stereocenters. The van der Waals surface area contributed by atoms with Gasteiger partial charge >= 0.3 is 0 Å². The van der Waals surface area contributed by atoms with E-state index in [2.05, 4.69) is 52.9 Å². The molecule has 2 aromatic heterocycles. The van der Waals surface area contributed by atoms with E-state index in [0.29, 0.717) is 6.04 Å². The van der Waals surface area contributed by atoms with Gasteiger partial charge in [-0.15, -0.1) is 0 Å². The van der Waals surface area contributed by atoms with E-state index in [4.69, 9.17) is 21.9 Å². The number of benzene rings is 1. The Kier molecular flexibility index (Phi) is 6.34. The summed E-state index contributed by atoms with van der Waals surface area (Å²) >= 11 is 5.92. The third-order valence-corrected chi connectivity index (χ3v) is 7.43. The van der Waals surface area contributed by atoms with E-state index in [-0.39, 0.29) is 18.2 Å². The Morgan fingerprint density at radius 1 is 1.06 bits per heavy atom. The second-order valence-corrected chi connectivity index (χ2v) is 10.2. The molecule has 5 nitrogen and oxygen atoms in total. The van der Waals surface area contributed by atoms with Crippen LogP contribution < -0.4 is 15.0 Å². The molecule has 0 radical (unpaired) electrons. The van der Waals surface area contributed by atoms with Crippen LogP contribution in [0.4, 0.5) is 5.69 Å². The van der Waals surface area contributed by atoms with Crippen molar-refractivity contribution in [3.8, 4) is 5.75 Å². The van der Waals surface area contributed by atoms with E-state index in [9.17, 15) is 0 Å². The third-order valence-electron chi connectivity index (χ3n) is 7.12. The molecule has 0 unspecified atom stereocenters. The van der Waals surface area contributed by atoms with Crippen LogP contribution in [-0.2, 0) is 0 Å². The molecule has 5 rings (SSSR count). The molecular weight excluding hydrogens is 440 g/mol. The van der Waals surface area contributed by atoms with Crippen molar-refractivity contribution in [2.75, 3.05) is 4.90 Å². The maximum atomic E-state index is 5.92. The highest BCUT2D eigenvalue weighted by molar-refractivity contribution is 7.80. The van der Waals surface area contributed by atoms with Gasteiger partial charge in [-0.2, -0.15) is 0 Å². The lowest BCUT2D eigenvalue weighted by Gasteiger charge is -2.29. The molecule has 0 bridgehead atoms. The number of thiocarbonyl (C=S) groups is 1. The Balaban J connectivity index is 1.59. The van der Waals surface area contributed by atoms with Crippen LogP contribution in [0.15, 0.2) is 54.7 Å². The van der Waals surface area contributed by atoms with Crippen LogP contribution in [0.1, 0.15) is 80.3 Å². The van der Waals surface area contributed by atoms with Gasteiger partial charge in [0, 0.05) is 29.3 Å². The minimum absolute atomic E-state index is 0.0145. The van der Waals surface area contributed by atoms with E-state index < -0.39 is 0 Å². The molecule has 2 aliphatic rings. The quantitative estimate of drug-likeness (QED) is 0.409. The SMILES string of the molecule is Cc1cc([C@H]2[C@H](c3ccccn3)NC(=S)N2c2ccc(OC(C)C)cc2)c(C)n1C1CCCC1. The number of nitrogens with zero attached hydrogens (tertiary/aromatic N) is 3.